The minimum absolute atomic E-state index is 0.145. The predicted molar refractivity (Wildman–Crippen MR) is 76.0 cm³/mol. The van der Waals surface area contributed by atoms with Crippen molar-refractivity contribution in [3.05, 3.63) is 29.0 Å². The van der Waals surface area contributed by atoms with Crippen LogP contribution in [0.5, 0.6) is 0 Å². The van der Waals surface area contributed by atoms with Gasteiger partial charge >= 0.3 is 0 Å². The van der Waals surface area contributed by atoms with E-state index in [1.165, 1.54) is 6.20 Å². The molecule has 0 radical (unpaired) electrons. The summed E-state index contributed by atoms with van der Waals surface area (Å²) in [5, 5.41) is 3.14. The Balaban J connectivity index is 1.55. The van der Waals surface area contributed by atoms with E-state index < -0.39 is 0 Å². The molecule has 6 heteroatoms. The van der Waals surface area contributed by atoms with Gasteiger partial charge in [0, 0.05) is 31.5 Å². The van der Waals surface area contributed by atoms with Crippen molar-refractivity contribution in [1.29, 1.82) is 0 Å². The standard InChI is InChI=1S/C14H19ClN2O3/c15-13-9-11(4-6-16-13)14(18)17-5-2-7-19-10-12-3-1-8-20-12/h4,6,9,12H,1-3,5,7-8,10H2,(H,17,18). The molecule has 0 bridgehead atoms. The van der Waals surface area contributed by atoms with E-state index in [2.05, 4.69) is 10.3 Å². The van der Waals surface area contributed by atoms with Crippen molar-refractivity contribution in [3.8, 4) is 0 Å². The van der Waals surface area contributed by atoms with E-state index in [1.54, 1.807) is 12.1 Å². The highest BCUT2D eigenvalue weighted by Gasteiger charge is 2.14. The summed E-state index contributed by atoms with van der Waals surface area (Å²) in [6, 6.07) is 3.18. The number of ether oxygens (including phenoxy) is 2. The SMILES string of the molecule is O=C(NCCCOCC1CCCO1)c1ccnc(Cl)c1. The average Bonchev–Trinajstić information content (AvgIpc) is 2.95. The largest absolute Gasteiger partial charge is 0.379 e. The third-order valence-electron chi connectivity index (χ3n) is 3.07. The fraction of sp³-hybridized carbons (Fsp3) is 0.571. The number of amides is 1. The molecule has 1 aliphatic heterocycles. The number of nitrogens with one attached hydrogen (secondary N) is 1. The zero-order chi connectivity index (χ0) is 14.2. The monoisotopic (exact) mass is 298 g/mol. The molecular formula is C14H19ClN2O3. The maximum absolute atomic E-state index is 11.8. The molecule has 2 rings (SSSR count). The fourth-order valence-corrected chi connectivity index (χ4v) is 2.19. The molecule has 1 saturated heterocycles. The molecule has 0 aliphatic carbocycles. The van der Waals surface area contributed by atoms with Gasteiger partial charge in [0.2, 0.25) is 0 Å². The molecule has 1 unspecified atom stereocenters. The van der Waals surface area contributed by atoms with Gasteiger partial charge in [0.25, 0.3) is 5.91 Å². The lowest BCUT2D eigenvalue weighted by Crippen LogP contribution is -2.25. The first-order valence-electron chi connectivity index (χ1n) is 6.85. The summed E-state index contributed by atoms with van der Waals surface area (Å²) < 4.78 is 11.0. The van der Waals surface area contributed by atoms with Crippen molar-refractivity contribution in [2.45, 2.75) is 25.4 Å². The van der Waals surface area contributed by atoms with Crippen LogP contribution in [0.4, 0.5) is 0 Å². The third kappa shape index (κ3) is 5.07. The van der Waals surface area contributed by atoms with Gasteiger partial charge in [0.05, 0.1) is 12.7 Å². The van der Waals surface area contributed by atoms with E-state index in [4.69, 9.17) is 21.1 Å². The third-order valence-corrected chi connectivity index (χ3v) is 3.27. The van der Waals surface area contributed by atoms with Crippen molar-refractivity contribution >= 4 is 17.5 Å². The van der Waals surface area contributed by atoms with Crippen LogP contribution in [-0.4, -0.2) is 43.4 Å². The van der Waals surface area contributed by atoms with Gasteiger partial charge in [-0.3, -0.25) is 4.79 Å². The van der Waals surface area contributed by atoms with Crippen LogP contribution in [0.1, 0.15) is 29.6 Å². The van der Waals surface area contributed by atoms with E-state index in [0.717, 1.165) is 25.9 Å². The Morgan fingerprint density at radius 2 is 2.50 bits per heavy atom. The number of aromatic nitrogens is 1. The molecule has 1 atom stereocenters. The van der Waals surface area contributed by atoms with Crippen LogP contribution in [0, 0.1) is 0 Å². The molecule has 0 saturated carbocycles. The molecule has 110 valence electrons. The second kappa shape index (κ2) is 8.19. The van der Waals surface area contributed by atoms with Crippen LogP contribution in [0.3, 0.4) is 0 Å². The number of rotatable bonds is 7. The lowest BCUT2D eigenvalue weighted by molar-refractivity contribution is 0.0166. The molecule has 1 N–H and O–H groups in total. The highest BCUT2D eigenvalue weighted by atomic mass is 35.5. The topological polar surface area (TPSA) is 60.5 Å². The number of halogens is 1. The van der Waals surface area contributed by atoms with Crippen molar-refractivity contribution in [2.75, 3.05) is 26.4 Å². The van der Waals surface area contributed by atoms with E-state index in [9.17, 15) is 4.79 Å². The number of hydrogen-bond acceptors (Lipinski definition) is 4. The van der Waals surface area contributed by atoms with E-state index in [0.29, 0.717) is 30.5 Å². The highest BCUT2D eigenvalue weighted by Crippen LogP contribution is 2.11. The zero-order valence-electron chi connectivity index (χ0n) is 11.3. The lowest BCUT2D eigenvalue weighted by Gasteiger charge is -2.10. The van der Waals surface area contributed by atoms with Gasteiger partial charge in [-0.15, -0.1) is 0 Å². The summed E-state index contributed by atoms with van der Waals surface area (Å²) in [5.41, 5.74) is 0.519. The summed E-state index contributed by atoms with van der Waals surface area (Å²) >= 11 is 5.73. The first kappa shape index (κ1) is 15.2. The van der Waals surface area contributed by atoms with Crippen molar-refractivity contribution in [1.82, 2.24) is 10.3 Å². The second-order valence-electron chi connectivity index (χ2n) is 4.69. The highest BCUT2D eigenvalue weighted by molar-refractivity contribution is 6.29. The number of carbonyl (C=O) groups excluding carboxylic acids is 1. The van der Waals surface area contributed by atoms with Crippen LogP contribution in [0.15, 0.2) is 18.3 Å². The van der Waals surface area contributed by atoms with E-state index >= 15 is 0 Å². The van der Waals surface area contributed by atoms with Gasteiger partial charge in [-0.25, -0.2) is 4.98 Å². The number of carbonyl (C=O) groups is 1. The Bertz CT molecular complexity index is 436. The van der Waals surface area contributed by atoms with Crippen molar-refractivity contribution < 1.29 is 14.3 Å². The molecule has 2 heterocycles. The van der Waals surface area contributed by atoms with Crippen molar-refractivity contribution in [3.63, 3.8) is 0 Å². The summed E-state index contributed by atoms with van der Waals surface area (Å²) in [6.45, 7) is 2.69. The Labute approximate surface area is 123 Å². The maximum atomic E-state index is 11.8. The van der Waals surface area contributed by atoms with Crippen LogP contribution >= 0.6 is 11.6 Å². The molecule has 0 aromatic carbocycles. The minimum atomic E-state index is -0.145. The summed E-state index contributed by atoms with van der Waals surface area (Å²) in [6.07, 6.45) is 4.75. The minimum Gasteiger partial charge on any atom is -0.379 e. The smallest absolute Gasteiger partial charge is 0.251 e. The Kier molecular flexibility index (Phi) is 6.24. The molecule has 5 nitrogen and oxygen atoms in total. The first-order chi connectivity index (χ1) is 9.75. The molecular weight excluding hydrogens is 280 g/mol. The maximum Gasteiger partial charge on any atom is 0.251 e. The molecule has 1 aromatic heterocycles. The Morgan fingerprint density at radius 3 is 3.25 bits per heavy atom. The molecule has 20 heavy (non-hydrogen) atoms. The Hall–Kier alpha value is -1.17. The summed E-state index contributed by atoms with van der Waals surface area (Å²) in [4.78, 5) is 15.6. The summed E-state index contributed by atoms with van der Waals surface area (Å²) in [7, 11) is 0. The van der Waals surface area contributed by atoms with Crippen molar-refractivity contribution in [2.24, 2.45) is 0 Å². The first-order valence-corrected chi connectivity index (χ1v) is 7.22. The van der Waals surface area contributed by atoms with Crippen LogP contribution in [0.25, 0.3) is 0 Å². The molecule has 1 amide bonds. The van der Waals surface area contributed by atoms with Crippen LogP contribution in [0.2, 0.25) is 5.15 Å². The Morgan fingerprint density at radius 1 is 1.60 bits per heavy atom. The normalized spacial score (nSPS) is 18.1. The lowest BCUT2D eigenvalue weighted by atomic mass is 10.2. The molecule has 1 fully saturated rings. The van der Waals surface area contributed by atoms with Crippen LogP contribution < -0.4 is 5.32 Å². The number of hydrogen-bond donors (Lipinski definition) is 1. The van der Waals surface area contributed by atoms with E-state index in [1.807, 2.05) is 0 Å². The van der Waals surface area contributed by atoms with Gasteiger partial charge in [-0.05, 0) is 31.4 Å². The average molecular weight is 299 g/mol. The summed E-state index contributed by atoms with van der Waals surface area (Å²) in [5.74, 6) is -0.145. The molecule has 1 aromatic rings. The van der Waals surface area contributed by atoms with E-state index in [-0.39, 0.29) is 12.0 Å². The number of pyridine rings is 1. The van der Waals surface area contributed by atoms with Gasteiger partial charge in [0.1, 0.15) is 5.15 Å². The second-order valence-corrected chi connectivity index (χ2v) is 5.07. The fourth-order valence-electron chi connectivity index (χ4n) is 2.01. The van der Waals surface area contributed by atoms with Gasteiger partial charge in [-0.1, -0.05) is 11.6 Å². The predicted octanol–water partition coefficient (Wildman–Crippen LogP) is 2.05. The van der Waals surface area contributed by atoms with Gasteiger partial charge in [-0.2, -0.15) is 0 Å². The molecule has 0 spiro atoms. The quantitative estimate of drug-likeness (QED) is 0.618. The van der Waals surface area contributed by atoms with Crippen LogP contribution in [-0.2, 0) is 9.47 Å². The van der Waals surface area contributed by atoms with Gasteiger partial charge < -0.3 is 14.8 Å². The number of nitrogens with zero attached hydrogens (tertiary/aromatic N) is 1. The van der Waals surface area contributed by atoms with Gasteiger partial charge in [0.15, 0.2) is 0 Å². The molecule has 1 aliphatic rings. The zero-order valence-corrected chi connectivity index (χ0v) is 12.1.